The van der Waals surface area contributed by atoms with Crippen LogP contribution in [0, 0.1) is 0 Å². The van der Waals surface area contributed by atoms with Crippen molar-refractivity contribution in [2.24, 2.45) is 5.73 Å². The molecule has 1 aliphatic rings. The average Bonchev–Trinajstić information content (AvgIpc) is 2.84. The third-order valence-electron chi connectivity index (χ3n) is 4.31. The van der Waals surface area contributed by atoms with Gasteiger partial charge in [-0.1, -0.05) is 6.42 Å². The van der Waals surface area contributed by atoms with Gasteiger partial charge >= 0.3 is 0 Å². The van der Waals surface area contributed by atoms with Crippen molar-refractivity contribution in [2.75, 3.05) is 53.3 Å². The molecule has 120 valence electrons. The van der Waals surface area contributed by atoms with Gasteiger partial charge in [0.15, 0.2) is 9.84 Å². The Morgan fingerprint density at radius 1 is 1.25 bits per heavy atom. The van der Waals surface area contributed by atoms with E-state index in [9.17, 15) is 8.42 Å². The van der Waals surface area contributed by atoms with Crippen molar-refractivity contribution < 1.29 is 17.9 Å². The van der Waals surface area contributed by atoms with Gasteiger partial charge in [0.2, 0.25) is 0 Å². The molecule has 0 saturated heterocycles. The third-order valence-corrected chi connectivity index (χ3v) is 6.01. The molecule has 0 aromatic rings. The fraction of sp³-hybridized carbons (Fsp3) is 1.00. The summed E-state index contributed by atoms with van der Waals surface area (Å²) in [6.07, 6.45) is 3.71. The second kappa shape index (κ2) is 7.70. The molecule has 2 N–H and O–H groups in total. The smallest absolute Gasteiger partial charge is 0.152 e. The van der Waals surface area contributed by atoms with E-state index in [1.165, 1.54) is 6.26 Å². The lowest BCUT2D eigenvalue weighted by Crippen LogP contribution is -2.61. The van der Waals surface area contributed by atoms with Crippen LogP contribution in [-0.2, 0) is 19.3 Å². The first-order chi connectivity index (χ1) is 9.42. The highest BCUT2D eigenvalue weighted by molar-refractivity contribution is 7.91. The number of methoxy groups -OCH3 is 2. The average molecular weight is 308 g/mol. The highest BCUT2D eigenvalue weighted by Crippen LogP contribution is 2.38. The molecule has 2 atom stereocenters. The Hall–Kier alpha value is -0.210. The van der Waals surface area contributed by atoms with Crippen molar-refractivity contribution in [3.05, 3.63) is 0 Å². The first-order valence-corrected chi connectivity index (χ1v) is 8.99. The van der Waals surface area contributed by atoms with E-state index >= 15 is 0 Å². The summed E-state index contributed by atoms with van der Waals surface area (Å²) in [5, 5.41) is -0.395. The molecular formula is C13H28N2O4S. The minimum absolute atomic E-state index is 0.345. The largest absolute Gasteiger partial charge is 0.383 e. The van der Waals surface area contributed by atoms with Gasteiger partial charge in [-0.25, -0.2) is 8.42 Å². The van der Waals surface area contributed by atoms with Crippen LogP contribution in [0.1, 0.15) is 19.3 Å². The molecule has 2 unspecified atom stereocenters. The summed E-state index contributed by atoms with van der Waals surface area (Å²) in [7, 11) is 0.170. The van der Waals surface area contributed by atoms with E-state index in [4.69, 9.17) is 15.2 Å². The summed E-state index contributed by atoms with van der Waals surface area (Å²) < 4.78 is 34.5. The standard InChI is InChI=1S/C13H28N2O4S/c1-18-9-7-15(8-10-19-2)13(11-14)6-4-5-12(13)20(3,16)17/h12H,4-11,14H2,1-3H3. The molecule has 7 heteroatoms. The molecule has 6 nitrogen and oxygen atoms in total. The van der Waals surface area contributed by atoms with Crippen molar-refractivity contribution in [1.82, 2.24) is 4.90 Å². The van der Waals surface area contributed by atoms with Crippen LogP contribution >= 0.6 is 0 Å². The van der Waals surface area contributed by atoms with Gasteiger partial charge in [0, 0.05) is 40.1 Å². The molecule has 1 fully saturated rings. The van der Waals surface area contributed by atoms with Crippen molar-refractivity contribution in [2.45, 2.75) is 30.1 Å². The fourth-order valence-corrected chi connectivity index (χ4v) is 5.08. The van der Waals surface area contributed by atoms with Gasteiger partial charge in [-0.3, -0.25) is 4.90 Å². The number of ether oxygens (including phenoxy) is 2. The van der Waals surface area contributed by atoms with Gasteiger partial charge in [0.25, 0.3) is 0 Å². The fourth-order valence-electron chi connectivity index (χ4n) is 3.32. The van der Waals surface area contributed by atoms with Crippen LogP contribution in [0.3, 0.4) is 0 Å². The first-order valence-electron chi connectivity index (χ1n) is 7.04. The Labute approximate surface area is 122 Å². The van der Waals surface area contributed by atoms with Crippen LogP contribution in [0.25, 0.3) is 0 Å². The molecule has 0 bridgehead atoms. The van der Waals surface area contributed by atoms with Gasteiger partial charge in [-0.05, 0) is 12.8 Å². The molecule has 0 heterocycles. The summed E-state index contributed by atoms with van der Waals surface area (Å²) in [5.41, 5.74) is 5.53. The zero-order valence-electron chi connectivity index (χ0n) is 12.8. The van der Waals surface area contributed by atoms with Crippen molar-refractivity contribution in [3.63, 3.8) is 0 Å². The summed E-state index contributed by atoms with van der Waals surface area (Å²) in [6, 6.07) is 0. The van der Waals surface area contributed by atoms with E-state index < -0.39 is 20.6 Å². The van der Waals surface area contributed by atoms with Crippen molar-refractivity contribution in [1.29, 1.82) is 0 Å². The molecule has 20 heavy (non-hydrogen) atoms. The van der Waals surface area contributed by atoms with E-state index in [1.54, 1.807) is 14.2 Å². The van der Waals surface area contributed by atoms with Crippen LogP contribution in [0.15, 0.2) is 0 Å². The molecule has 0 amide bonds. The van der Waals surface area contributed by atoms with E-state index in [-0.39, 0.29) is 0 Å². The van der Waals surface area contributed by atoms with E-state index in [0.717, 1.165) is 12.8 Å². The molecule has 1 saturated carbocycles. The zero-order chi connectivity index (χ0) is 15.2. The SMILES string of the molecule is COCCN(CCOC)C1(CN)CCCC1S(C)(=O)=O. The summed E-state index contributed by atoms with van der Waals surface area (Å²) in [6.45, 7) is 2.80. The Morgan fingerprint density at radius 2 is 1.80 bits per heavy atom. The Balaban J connectivity index is 3.01. The number of hydrogen-bond acceptors (Lipinski definition) is 6. The van der Waals surface area contributed by atoms with Gasteiger partial charge in [0.05, 0.1) is 24.0 Å². The predicted octanol–water partition coefficient (Wildman–Crippen LogP) is -0.124. The monoisotopic (exact) mass is 308 g/mol. The Bertz CT molecular complexity index is 380. The van der Waals surface area contributed by atoms with Gasteiger partial charge in [0.1, 0.15) is 0 Å². The third kappa shape index (κ3) is 3.92. The van der Waals surface area contributed by atoms with Crippen molar-refractivity contribution >= 4 is 9.84 Å². The number of sulfone groups is 1. The molecule has 0 radical (unpaired) electrons. The Morgan fingerprint density at radius 3 is 2.20 bits per heavy atom. The molecule has 0 aromatic heterocycles. The van der Waals surface area contributed by atoms with E-state index in [0.29, 0.717) is 39.3 Å². The number of rotatable bonds is 9. The van der Waals surface area contributed by atoms with Crippen LogP contribution in [0.2, 0.25) is 0 Å². The lowest BCUT2D eigenvalue weighted by Gasteiger charge is -2.44. The Kier molecular flexibility index (Phi) is 6.87. The maximum absolute atomic E-state index is 12.1. The molecular weight excluding hydrogens is 280 g/mol. The van der Waals surface area contributed by atoms with Crippen LogP contribution in [0.4, 0.5) is 0 Å². The number of hydrogen-bond donors (Lipinski definition) is 1. The predicted molar refractivity (Wildman–Crippen MR) is 79.6 cm³/mol. The second-order valence-corrected chi connectivity index (χ2v) is 7.72. The van der Waals surface area contributed by atoms with Gasteiger partial charge in [-0.15, -0.1) is 0 Å². The minimum Gasteiger partial charge on any atom is -0.383 e. The lowest BCUT2D eigenvalue weighted by atomic mass is 9.94. The zero-order valence-corrected chi connectivity index (χ0v) is 13.6. The van der Waals surface area contributed by atoms with Crippen LogP contribution in [-0.4, -0.2) is 77.4 Å². The topological polar surface area (TPSA) is 81.9 Å². The molecule has 1 rings (SSSR count). The molecule has 0 aromatic carbocycles. The van der Waals surface area contributed by atoms with Crippen LogP contribution in [0.5, 0.6) is 0 Å². The normalized spacial score (nSPS) is 27.4. The molecule has 0 spiro atoms. The van der Waals surface area contributed by atoms with Crippen molar-refractivity contribution in [3.8, 4) is 0 Å². The summed E-state index contributed by atoms with van der Waals surface area (Å²) in [5.74, 6) is 0. The highest BCUT2D eigenvalue weighted by atomic mass is 32.2. The molecule has 1 aliphatic carbocycles. The second-order valence-electron chi connectivity index (χ2n) is 5.49. The quantitative estimate of drug-likeness (QED) is 0.639. The number of nitrogens with two attached hydrogens (primary N) is 1. The van der Waals surface area contributed by atoms with E-state index in [1.807, 2.05) is 0 Å². The maximum atomic E-state index is 12.1. The summed E-state index contributed by atoms with van der Waals surface area (Å²) in [4.78, 5) is 2.15. The van der Waals surface area contributed by atoms with Crippen LogP contribution < -0.4 is 5.73 Å². The minimum atomic E-state index is -3.12. The summed E-state index contributed by atoms with van der Waals surface area (Å²) >= 11 is 0. The van der Waals surface area contributed by atoms with E-state index in [2.05, 4.69) is 4.90 Å². The number of nitrogens with zero attached hydrogens (tertiary/aromatic N) is 1. The van der Waals surface area contributed by atoms with Gasteiger partial charge in [-0.2, -0.15) is 0 Å². The highest BCUT2D eigenvalue weighted by Gasteiger charge is 2.50. The molecule has 0 aliphatic heterocycles. The van der Waals surface area contributed by atoms with Gasteiger partial charge < -0.3 is 15.2 Å². The first kappa shape index (κ1) is 17.8. The lowest BCUT2D eigenvalue weighted by molar-refractivity contribution is 0.0415. The maximum Gasteiger partial charge on any atom is 0.152 e.